The molecular weight excluding hydrogens is 462 g/mol. The molecule has 8 heteroatoms. The third-order valence-corrected chi connectivity index (χ3v) is 7.10. The van der Waals surface area contributed by atoms with Crippen molar-refractivity contribution in [3.8, 4) is 22.6 Å². The number of anilines is 2. The Morgan fingerprint density at radius 1 is 1.03 bits per heavy atom. The molecule has 1 aliphatic heterocycles. The van der Waals surface area contributed by atoms with Crippen molar-refractivity contribution < 1.29 is 4.79 Å². The van der Waals surface area contributed by atoms with E-state index >= 15 is 0 Å². The lowest BCUT2D eigenvalue weighted by Gasteiger charge is -2.28. The number of benzene rings is 2. The summed E-state index contributed by atoms with van der Waals surface area (Å²) in [4.78, 5) is 27.5. The zero-order valence-electron chi connectivity index (χ0n) is 21.1. The topological polar surface area (TPSA) is 103 Å². The van der Waals surface area contributed by atoms with Gasteiger partial charge in [-0.1, -0.05) is 31.5 Å². The van der Waals surface area contributed by atoms with Gasteiger partial charge in [0, 0.05) is 30.6 Å². The third kappa shape index (κ3) is 4.67. The molecule has 0 unspecified atom stereocenters. The summed E-state index contributed by atoms with van der Waals surface area (Å²) in [5.41, 5.74) is 7.54. The summed E-state index contributed by atoms with van der Waals surface area (Å²) in [7, 11) is 0. The summed E-state index contributed by atoms with van der Waals surface area (Å²) in [5, 5.41) is 11.8. The second-order valence-electron chi connectivity index (χ2n) is 9.75. The van der Waals surface area contributed by atoms with Crippen LogP contribution in [0.15, 0.2) is 54.9 Å². The molecule has 0 bridgehead atoms. The average molecular weight is 494 g/mol. The Kier molecular flexibility index (Phi) is 6.30. The number of aromatic nitrogens is 5. The number of hydrogen-bond acceptors (Lipinski definition) is 5. The molecule has 5 aromatic rings. The van der Waals surface area contributed by atoms with Gasteiger partial charge in [-0.15, -0.1) is 0 Å². The van der Waals surface area contributed by atoms with Gasteiger partial charge in [0.05, 0.1) is 29.1 Å². The van der Waals surface area contributed by atoms with Crippen LogP contribution in [0.4, 0.5) is 11.4 Å². The summed E-state index contributed by atoms with van der Waals surface area (Å²) in [5.74, 6) is 0.775. The molecule has 3 aromatic heterocycles. The first-order valence-electron chi connectivity index (χ1n) is 13.2. The normalized spacial score (nSPS) is 13.9. The Morgan fingerprint density at radius 3 is 2.76 bits per heavy atom. The molecule has 0 spiro atoms. The molecule has 0 saturated carbocycles. The predicted molar refractivity (Wildman–Crippen MR) is 149 cm³/mol. The molecule has 4 heterocycles. The number of carbonyl (C=O) groups excluding carboxylic acids is 1. The molecule has 1 saturated heterocycles. The van der Waals surface area contributed by atoms with Crippen LogP contribution in [0.25, 0.3) is 44.6 Å². The lowest BCUT2D eigenvalue weighted by Crippen LogP contribution is -2.29. The molecule has 8 nitrogen and oxygen atoms in total. The van der Waals surface area contributed by atoms with Crippen LogP contribution in [0.1, 0.15) is 45.4 Å². The predicted octanol–water partition coefficient (Wildman–Crippen LogP) is 6.29. The number of imidazole rings is 1. The molecule has 188 valence electrons. The van der Waals surface area contributed by atoms with Gasteiger partial charge in [-0.05, 0) is 61.1 Å². The number of pyridine rings is 1. The zero-order valence-corrected chi connectivity index (χ0v) is 21.1. The Morgan fingerprint density at radius 2 is 1.89 bits per heavy atom. The lowest BCUT2D eigenvalue weighted by molar-refractivity contribution is -0.116. The van der Waals surface area contributed by atoms with E-state index in [9.17, 15) is 4.79 Å². The maximum Gasteiger partial charge on any atom is 0.224 e. The maximum absolute atomic E-state index is 12.2. The number of fused-ring (bicyclic) bond motifs is 2. The van der Waals surface area contributed by atoms with E-state index in [1.807, 2.05) is 36.7 Å². The summed E-state index contributed by atoms with van der Waals surface area (Å²) >= 11 is 0. The first-order valence-corrected chi connectivity index (χ1v) is 13.2. The smallest absolute Gasteiger partial charge is 0.224 e. The number of aromatic amines is 2. The van der Waals surface area contributed by atoms with Crippen LogP contribution in [0.5, 0.6) is 0 Å². The molecule has 6 rings (SSSR count). The minimum Gasteiger partial charge on any atom is -0.368 e. The van der Waals surface area contributed by atoms with Crippen molar-refractivity contribution in [2.24, 2.45) is 0 Å². The Hall–Kier alpha value is -4.20. The number of rotatable bonds is 7. The largest absolute Gasteiger partial charge is 0.368 e. The van der Waals surface area contributed by atoms with Crippen LogP contribution in [0.2, 0.25) is 0 Å². The van der Waals surface area contributed by atoms with Crippen molar-refractivity contribution in [3.05, 3.63) is 54.9 Å². The van der Waals surface area contributed by atoms with Crippen LogP contribution >= 0.6 is 0 Å². The highest BCUT2D eigenvalue weighted by Gasteiger charge is 2.19. The number of carbonyl (C=O) groups is 1. The van der Waals surface area contributed by atoms with E-state index in [2.05, 4.69) is 55.5 Å². The minimum absolute atomic E-state index is 0.0508. The fourth-order valence-corrected chi connectivity index (χ4v) is 5.11. The van der Waals surface area contributed by atoms with Gasteiger partial charge in [0.15, 0.2) is 5.82 Å². The molecule has 1 aliphatic rings. The third-order valence-electron chi connectivity index (χ3n) is 7.10. The highest BCUT2D eigenvalue weighted by Crippen LogP contribution is 2.33. The van der Waals surface area contributed by atoms with E-state index in [4.69, 9.17) is 4.98 Å². The van der Waals surface area contributed by atoms with Crippen LogP contribution < -0.4 is 10.2 Å². The summed E-state index contributed by atoms with van der Waals surface area (Å²) in [6.07, 6.45) is 9.87. The second-order valence-corrected chi connectivity index (χ2v) is 9.75. The monoisotopic (exact) mass is 493 g/mol. The van der Waals surface area contributed by atoms with Crippen molar-refractivity contribution in [1.82, 2.24) is 25.1 Å². The van der Waals surface area contributed by atoms with Gasteiger partial charge < -0.3 is 15.2 Å². The zero-order chi connectivity index (χ0) is 25.2. The standard InChI is InChI=1S/C29H31N7O/c1-2-3-10-26(37)31-21-9-7-8-19(15-21)20-11-12-23-22(16-20)27(35-34-23)29-32-24-17-30-18-25(28(24)33-29)36-13-5-4-6-14-36/h7-9,11-12,15-18H,2-6,10,13-14H2,1H3,(H,31,37)(H,32,33)(H,34,35). The fraction of sp³-hybridized carbons (Fsp3) is 0.310. The summed E-state index contributed by atoms with van der Waals surface area (Å²) in [6, 6.07) is 14.2. The Balaban J connectivity index is 1.34. The first-order chi connectivity index (χ1) is 18.2. The quantitative estimate of drug-likeness (QED) is 0.247. The molecule has 0 radical (unpaired) electrons. The van der Waals surface area contributed by atoms with Gasteiger partial charge >= 0.3 is 0 Å². The molecule has 3 N–H and O–H groups in total. The van der Waals surface area contributed by atoms with Gasteiger partial charge in [-0.25, -0.2) is 4.98 Å². The molecule has 37 heavy (non-hydrogen) atoms. The van der Waals surface area contributed by atoms with E-state index in [0.717, 1.165) is 81.9 Å². The van der Waals surface area contributed by atoms with E-state index in [1.54, 1.807) is 0 Å². The van der Waals surface area contributed by atoms with E-state index in [-0.39, 0.29) is 5.91 Å². The fourth-order valence-electron chi connectivity index (χ4n) is 5.11. The van der Waals surface area contributed by atoms with Crippen molar-refractivity contribution >= 4 is 39.2 Å². The van der Waals surface area contributed by atoms with E-state index < -0.39 is 0 Å². The van der Waals surface area contributed by atoms with Gasteiger partial charge in [0.2, 0.25) is 5.91 Å². The number of piperidine rings is 1. The molecule has 0 aliphatic carbocycles. The number of nitrogens with zero attached hydrogens (tertiary/aromatic N) is 4. The van der Waals surface area contributed by atoms with Crippen molar-refractivity contribution in [1.29, 1.82) is 0 Å². The Labute approximate surface area is 215 Å². The highest BCUT2D eigenvalue weighted by molar-refractivity contribution is 5.97. The molecule has 0 atom stereocenters. The first kappa shape index (κ1) is 23.2. The highest BCUT2D eigenvalue weighted by atomic mass is 16.1. The van der Waals surface area contributed by atoms with Crippen LogP contribution in [0, 0.1) is 0 Å². The Bertz CT molecular complexity index is 1560. The average Bonchev–Trinajstić information content (AvgIpc) is 3.56. The maximum atomic E-state index is 12.2. The summed E-state index contributed by atoms with van der Waals surface area (Å²) < 4.78 is 0. The molecule has 2 aromatic carbocycles. The van der Waals surface area contributed by atoms with Gasteiger partial charge in [-0.2, -0.15) is 5.10 Å². The van der Waals surface area contributed by atoms with Crippen LogP contribution in [-0.2, 0) is 4.79 Å². The van der Waals surface area contributed by atoms with Crippen LogP contribution in [-0.4, -0.2) is 44.1 Å². The van der Waals surface area contributed by atoms with E-state index in [0.29, 0.717) is 6.42 Å². The van der Waals surface area contributed by atoms with E-state index in [1.165, 1.54) is 19.3 Å². The second kappa shape index (κ2) is 10.0. The number of nitrogens with one attached hydrogen (secondary N) is 3. The SMILES string of the molecule is CCCCC(=O)Nc1cccc(-c2ccc3[nH]nc(-c4nc5c(N6CCCCC6)cncc5[nH]4)c3c2)c1. The molecule has 1 fully saturated rings. The lowest BCUT2D eigenvalue weighted by atomic mass is 10.0. The van der Waals surface area contributed by atoms with Crippen LogP contribution in [0.3, 0.4) is 0 Å². The minimum atomic E-state index is 0.0508. The molecular formula is C29H31N7O. The summed E-state index contributed by atoms with van der Waals surface area (Å²) in [6.45, 7) is 4.16. The van der Waals surface area contributed by atoms with Crippen molar-refractivity contribution in [2.75, 3.05) is 23.3 Å². The molecule has 1 amide bonds. The number of amides is 1. The van der Waals surface area contributed by atoms with Gasteiger partial charge in [-0.3, -0.25) is 14.9 Å². The van der Waals surface area contributed by atoms with Gasteiger partial charge in [0.25, 0.3) is 0 Å². The number of hydrogen-bond donors (Lipinski definition) is 3. The van der Waals surface area contributed by atoms with Gasteiger partial charge in [0.1, 0.15) is 11.2 Å². The number of unbranched alkanes of at least 4 members (excludes halogenated alkanes) is 1. The van der Waals surface area contributed by atoms with Crippen molar-refractivity contribution in [3.63, 3.8) is 0 Å². The van der Waals surface area contributed by atoms with Crippen molar-refractivity contribution in [2.45, 2.75) is 45.4 Å². The number of H-pyrrole nitrogens is 2.